The highest BCUT2D eigenvalue weighted by Crippen LogP contribution is 2.28. The number of unbranched alkanes of at least 4 members (excludes halogenated alkanes) is 3. The van der Waals surface area contributed by atoms with Crippen molar-refractivity contribution in [2.45, 2.75) is 44.7 Å². The van der Waals surface area contributed by atoms with Gasteiger partial charge in [-0.3, -0.25) is 4.79 Å². The van der Waals surface area contributed by atoms with Crippen LogP contribution in [0, 0.1) is 0 Å². The lowest BCUT2D eigenvalue weighted by atomic mass is 10.1. The summed E-state index contributed by atoms with van der Waals surface area (Å²) in [5, 5.41) is 6.69. The SMILES string of the molecule is CNc1nc(C(F)(F)F)nc2c(CCCCCCC(=O)N(C)C)cnn12. The first-order valence-electron chi connectivity index (χ1n) is 8.43. The van der Waals surface area contributed by atoms with E-state index in [2.05, 4.69) is 20.4 Å². The summed E-state index contributed by atoms with van der Waals surface area (Å²) in [6.07, 6.45) is 1.36. The minimum absolute atomic E-state index is 0.00391. The lowest BCUT2D eigenvalue weighted by molar-refractivity contribution is -0.144. The smallest absolute Gasteiger partial charge is 0.357 e. The van der Waals surface area contributed by atoms with Crippen LogP contribution in [0.25, 0.3) is 5.65 Å². The third-order valence-corrected chi connectivity index (χ3v) is 4.00. The van der Waals surface area contributed by atoms with Gasteiger partial charge >= 0.3 is 6.18 Å². The van der Waals surface area contributed by atoms with Crippen molar-refractivity contribution in [3.63, 3.8) is 0 Å². The van der Waals surface area contributed by atoms with Crippen molar-refractivity contribution in [1.29, 1.82) is 0 Å². The summed E-state index contributed by atoms with van der Waals surface area (Å²) in [7, 11) is 4.94. The number of aromatic nitrogens is 4. The van der Waals surface area contributed by atoms with Gasteiger partial charge in [0.1, 0.15) is 0 Å². The number of rotatable bonds is 8. The summed E-state index contributed by atoms with van der Waals surface area (Å²) < 4.78 is 40.2. The zero-order valence-corrected chi connectivity index (χ0v) is 15.1. The number of nitrogens with zero attached hydrogens (tertiary/aromatic N) is 5. The lowest BCUT2D eigenvalue weighted by Gasteiger charge is -2.09. The van der Waals surface area contributed by atoms with Gasteiger partial charge in [0.15, 0.2) is 5.65 Å². The van der Waals surface area contributed by atoms with Gasteiger partial charge in [0, 0.05) is 33.1 Å². The highest BCUT2D eigenvalue weighted by Gasteiger charge is 2.36. The van der Waals surface area contributed by atoms with E-state index in [-0.39, 0.29) is 17.5 Å². The Hall–Kier alpha value is -2.39. The molecule has 26 heavy (non-hydrogen) atoms. The molecule has 2 aromatic rings. The van der Waals surface area contributed by atoms with E-state index in [1.807, 2.05) is 0 Å². The maximum Gasteiger partial charge on any atom is 0.451 e. The molecule has 1 N–H and O–H groups in total. The number of carbonyl (C=O) groups excluding carboxylic acids is 1. The molecule has 7 nitrogen and oxygen atoms in total. The number of hydrogen-bond donors (Lipinski definition) is 1. The van der Waals surface area contributed by atoms with E-state index in [4.69, 9.17) is 0 Å². The van der Waals surface area contributed by atoms with E-state index >= 15 is 0 Å². The normalized spacial score (nSPS) is 11.8. The first kappa shape index (κ1) is 19.9. The van der Waals surface area contributed by atoms with E-state index in [0.29, 0.717) is 18.4 Å². The minimum atomic E-state index is -4.62. The Balaban J connectivity index is 1.99. The molecule has 0 saturated carbocycles. The number of hydrogen-bond acceptors (Lipinski definition) is 5. The zero-order chi connectivity index (χ0) is 19.3. The van der Waals surface area contributed by atoms with Gasteiger partial charge in [-0.2, -0.15) is 27.8 Å². The molecule has 2 rings (SSSR count). The molecular formula is C16H23F3N6O. The average molecular weight is 372 g/mol. The van der Waals surface area contributed by atoms with Crippen LogP contribution < -0.4 is 5.32 Å². The molecule has 0 aliphatic rings. The Morgan fingerprint density at radius 3 is 2.50 bits per heavy atom. The van der Waals surface area contributed by atoms with Crippen molar-refractivity contribution >= 4 is 17.5 Å². The Morgan fingerprint density at radius 2 is 1.88 bits per heavy atom. The first-order chi connectivity index (χ1) is 12.2. The summed E-state index contributed by atoms with van der Waals surface area (Å²) in [6.45, 7) is 0. The van der Waals surface area contributed by atoms with E-state index < -0.39 is 12.0 Å². The van der Waals surface area contributed by atoms with Crippen LogP contribution in [-0.4, -0.2) is 51.5 Å². The number of alkyl halides is 3. The predicted octanol–water partition coefficient (Wildman–Crippen LogP) is 2.77. The third kappa shape index (κ3) is 4.83. The number of halogens is 3. The molecule has 0 aliphatic heterocycles. The Kier molecular flexibility index (Phi) is 6.38. The van der Waals surface area contributed by atoms with Crippen LogP contribution in [0.15, 0.2) is 6.20 Å². The van der Waals surface area contributed by atoms with Crippen molar-refractivity contribution in [3.8, 4) is 0 Å². The number of carbonyl (C=O) groups is 1. The van der Waals surface area contributed by atoms with Crippen molar-refractivity contribution < 1.29 is 18.0 Å². The predicted molar refractivity (Wildman–Crippen MR) is 90.8 cm³/mol. The van der Waals surface area contributed by atoms with E-state index in [1.54, 1.807) is 19.0 Å². The number of aryl methyl sites for hydroxylation is 1. The summed E-state index contributed by atoms with van der Waals surface area (Å²) in [5.74, 6) is -1.09. The van der Waals surface area contributed by atoms with Crippen LogP contribution in [0.4, 0.5) is 19.1 Å². The molecule has 0 aliphatic carbocycles. The van der Waals surface area contributed by atoms with Crippen molar-refractivity contribution in [1.82, 2.24) is 24.5 Å². The largest absolute Gasteiger partial charge is 0.451 e. The second kappa shape index (κ2) is 8.33. The second-order valence-electron chi connectivity index (χ2n) is 6.23. The van der Waals surface area contributed by atoms with Gasteiger partial charge in [0.25, 0.3) is 0 Å². The van der Waals surface area contributed by atoms with Crippen LogP contribution >= 0.6 is 0 Å². The third-order valence-electron chi connectivity index (χ3n) is 4.00. The van der Waals surface area contributed by atoms with Gasteiger partial charge in [-0.1, -0.05) is 12.8 Å². The number of anilines is 1. The molecule has 144 valence electrons. The average Bonchev–Trinajstić information content (AvgIpc) is 2.99. The Labute approximate surface area is 149 Å². The van der Waals surface area contributed by atoms with Gasteiger partial charge < -0.3 is 10.2 Å². The summed E-state index contributed by atoms with van der Waals surface area (Å²) in [5.41, 5.74) is 0.818. The molecule has 0 saturated heterocycles. The van der Waals surface area contributed by atoms with Crippen molar-refractivity contribution in [2.24, 2.45) is 0 Å². The van der Waals surface area contributed by atoms with Gasteiger partial charge in [-0.25, -0.2) is 4.98 Å². The topological polar surface area (TPSA) is 75.4 Å². The highest BCUT2D eigenvalue weighted by molar-refractivity contribution is 5.75. The fourth-order valence-electron chi connectivity index (χ4n) is 2.56. The number of fused-ring (bicyclic) bond motifs is 1. The monoisotopic (exact) mass is 372 g/mol. The Bertz CT molecular complexity index is 756. The van der Waals surface area contributed by atoms with E-state index in [0.717, 1.165) is 25.7 Å². The summed E-state index contributed by atoms with van der Waals surface area (Å²) >= 11 is 0. The van der Waals surface area contributed by atoms with Gasteiger partial charge in [-0.05, 0) is 19.3 Å². The molecule has 2 aromatic heterocycles. The maximum absolute atomic E-state index is 13.0. The molecule has 1 amide bonds. The number of amides is 1. The Morgan fingerprint density at radius 1 is 1.19 bits per heavy atom. The molecule has 0 radical (unpaired) electrons. The molecule has 10 heteroatoms. The van der Waals surface area contributed by atoms with Gasteiger partial charge in [0.05, 0.1) is 6.20 Å². The summed E-state index contributed by atoms with van der Waals surface area (Å²) in [6, 6.07) is 0. The molecule has 0 spiro atoms. The molecule has 2 heterocycles. The van der Waals surface area contributed by atoms with Gasteiger partial charge in [-0.15, -0.1) is 0 Å². The standard InChI is InChI=1S/C16H23F3N6O/c1-20-15-23-14(16(17,18)19)22-13-11(10-21-25(13)15)8-6-4-5-7-9-12(26)24(2)3/h10H,4-9H2,1-3H3,(H,20,22,23). The first-order valence-corrected chi connectivity index (χ1v) is 8.43. The molecule has 0 aromatic carbocycles. The summed E-state index contributed by atoms with van der Waals surface area (Å²) in [4.78, 5) is 20.2. The molecular weight excluding hydrogens is 349 g/mol. The zero-order valence-electron chi connectivity index (χ0n) is 15.1. The van der Waals surface area contributed by atoms with E-state index in [1.165, 1.54) is 17.8 Å². The van der Waals surface area contributed by atoms with Crippen molar-refractivity contribution in [2.75, 3.05) is 26.5 Å². The van der Waals surface area contributed by atoms with Gasteiger partial charge in [0.2, 0.25) is 17.7 Å². The number of nitrogens with one attached hydrogen (secondary N) is 1. The molecule has 0 atom stereocenters. The quantitative estimate of drug-likeness (QED) is 0.721. The van der Waals surface area contributed by atoms with Crippen molar-refractivity contribution in [3.05, 3.63) is 17.6 Å². The highest BCUT2D eigenvalue weighted by atomic mass is 19.4. The minimum Gasteiger partial charge on any atom is -0.357 e. The fourth-order valence-corrected chi connectivity index (χ4v) is 2.56. The van der Waals surface area contributed by atoms with Crippen LogP contribution in [0.2, 0.25) is 0 Å². The maximum atomic E-state index is 13.0. The molecule has 0 fully saturated rings. The van der Waals surface area contributed by atoms with Crippen LogP contribution in [0.5, 0.6) is 0 Å². The van der Waals surface area contributed by atoms with E-state index in [9.17, 15) is 18.0 Å². The fraction of sp³-hybridized carbons (Fsp3) is 0.625. The van der Waals surface area contributed by atoms with Crippen LogP contribution in [0.1, 0.15) is 43.5 Å². The molecule has 0 bridgehead atoms. The second-order valence-corrected chi connectivity index (χ2v) is 6.23. The lowest BCUT2D eigenvalue weighted by Crippen LogP contribution is -2.20. The van der Waals surface area contributed by atoms with Crippen LogP contribution in [0.3, 0.4) is 0 Å². The van der Waals surface area contributed by atoms with Crippen LogP contribution in [-0.2, 0) is 17.4 Å². The molecule has 0 unspecified atom stereocenters.